The first-order valence-corrected chi connectivity index (χ1v) is 8.16. The number of nitrogens with zero attached hydrogens (tertiary/aromatic N) is 2. The minimum Gasteiger partial charge on any atom is -0.478 e. The van der Waals surface area contributed by atoms with E-state index < -0.39 is 5.97 Å². The van der Waals surface area contributed by atoms with Crippen molar-refractivity contribution in [3.63, 3.8) is 0 Å². The van der Waals surface area contributed by atoms with Gasteiger partial charge in [0.2, 0.25) is 0 Å². The van der Waals surface area contributed by atoms with Crippen LogP contribution in [0.2, 0.25) is 0 Å². The lowest BCUT2D eigenvalue weighted by atomic mass is 9.91. The monoisotopic (exact) mass is 314 g/mol. The van der Waals surface area contributed by atoms with Gasteiger partial charge in [0.15, 0.2) is 0 Å². The van der Waals surface area contributed by atoms with E-state index >= 15 is 0 Å². The number of aliphatic carboxylic acids is 1. The molecule has 2 aliphatic heterocycles. The third kappa shape index (κ3) is 3.51. The number of rotatable bonds is 5. The van der Waals surface area contributed by atoms with Crippen molar-refractivity contribution in [3.05, 3.63) is 42.0 Å². The number of carbonyl (C=O) groups excluding carboxylic acids is 1. The van der Waals surface area contributed by atoms with Gasteiger partial charge in [-0.05, 0) is 30.4 Å². The van der Waals surface area contributed by atoms with Gasteiger partial charge in [-0.2, -0.15) is 0 Å². The van der Waals surface area contributed by atoms with Gasteiger partial charge in [0.1, 0.15) is 6.29 Å². The van der Waals surface area contributed by atoms with Gasteiger partial charge in [-0.3, -0.25) is 0 Å². The van der Waals surface area contributed by atoms with E-state index in [4.69, 9.17) is 0 Å². The van der Waals surface area contributed by atoms with E-state index in [1.165, 1.54) is 6.08 Å². The summed E-state index contributed by atoms with van der Waals surface area (Å²) in [6.07, 6.45) is 5.24. The molecule has 3 rings (SSSR count). The molecule has 5 nitrogen and oxygen atoms in total. The zero-order valence-electron chi connectivity index (χ0n) is 13.1. The highest BCUT2D eigenvalue weighted by Crippen LogP contribution is 2.33. The van der Waals surface area contributed by atoms with Crippen molar-refractivity contribution in [3.8, 4) is 0 Å². The van der Waals surface area contributed by atoms with Crippen LogP contribution in [-0.2, 0) is 9.59 Å². The molecule has 5 heteroatoms. The van der Waals surface area contributed by atoms with Gasteiger partial charge >= 0.3 is 5.97 Å². The smallest absolute Gasteiger partial charge is 0.328 e. The molecule has 0 aromatic heterocycles. The Morgan fingerprint density at radius 1 is 1.17 bits per heavy atom. The molecule has 1 unspecified atom stereocenters. The highest BCUT2D eigenvalue weighted by molar-refractivity contribution is 5.90. The van der Waals surface area contributed by atoms with E-state index in [1.807, 2.05) is 30.3 Å². The third-order valence-corrected chi connectivity index (χ3v) is 4.78. The van der Waals surface area contributed by atoms with Crippen LogP contribution in [0.25, 0.3) is 5.57 Å². The summed E-state index contributed by atoms with van der Waals surface area (Å²) in [4.78, 5) is 22.4. The van der Waals surface area contributed by atoms with Crippen LogP contribution in [0.5, 0.6) is 0 Å². The molecular weight excluding hydrogens is 292 g/mol. The van der Waals surface area contributed by atoms with Gasteiger partial charge in [0.05, 0.1) is 6.04 Å². The summed E-state index contributed by atoms with van der Waals surface area (Å²) in [5, 5.41) is 13.6. The second-order valence-corrected chi connectivity index (χ2v) is 6.21. The molecule has 122 valence electrons. The normalized spacial score (nSPS) is 26.5. The molecule has 2 heterocycles. The summed E-state index contributed by atoms with van der Waals surface area (Å²) in [7, 11) is 0. The van der Waals surface area contributed by atoms with E-state index in [0.717, 1.165) is 56.3 Å². The second-order valence-electron chi connectivity index (χ2n) is 6.21. The summed E-state index contributed by atoms with van der Waals surface area (Å²) in [5.41, 5.74) is 1.84. The largest absolute Gasteiger partial charge is 0.478 e. The predicted octanol–water partition coefficient (Wildman–Crippen LogP) is 2.05. The molecule has 0 amide bonds. The molecule has 1 aromatic carbocycles. The molecule has 1 N–H and O–H groups in total. The number of hydrogen-bond acceptors (Lipinski definition) is 4. The van der Waals surface area contributed by atoms with Crippen LogP contribution in [0, 0.1) is 5.92 Å². The molecule has 2 fully saturated rings. The molecule has 0 aliphatic carbocycles. The Kier molecular flexibility index (Phi) is 4.88. The third-order valence-electron chi connectivity index (χ3n) is 4.78. The Morgan fingerprint density at radius 3 is 2.65 bits per heavy atom. The maximum Gasteiger partial charge on any atom is 0.328 e. The first kappa shape index (κ1) is 15.9. The Bertz CT molecular complexity index is 600. The van der Waals surface area contributed by atoms with Gasteiger partial charge in [0, 0.05) is 31.6 Å². The molecule has 0 saturated carbocycles. The second kappa shape index (κ2) is 7.06. The van der Waals surface area contributed by atoms with Crippen LogP contribution in [0.15, 0.2) is 36.4 Å². The van der Waals surface area contributed by atoms with Crippen LogP contribution < -0.4 is 0 Å². The van der Waals surface area contributed by atoms with Crippen LogP contribution >= 0.6 is 0 Å². The van der Waals surface area contributed by atoms with Crippen LogP contribution in [0.1, 0.15) is 24.8 Å². The van der Waals surface area contributed by atoms with Crippen molar-refractivity contribution in [2.24, 2.45) is 5.92 Å². The molecule has 1 aromatic rings. The van der Waals surface area contributed by atoms with Crippen molar-refractivity contribution < 1.29 is 14.7 Å². The van der Waals surface area contributed by atoms with E-state index in [1.54, 1.807) is 0 Å². The lowest BCUT2D eigenvalue weighted by Gasteiger charge is -2.31. The van der Waals surface area contributed by atoms with Crippen LogP contribution in [-0.4, -0.2) is 53.1 Å². The first-order chi connectivity index (χ1) is 11.2. The Hall–Kier alpha value is -1.98. The van der Waals surface area contributed by atoms with Gasteiger partial charge in [-0.1, -0.05) is 30.3 Å². The van der Waals surface area contributed by atoms with E-state index in [9.17, 15) is 14.7 Å². The molecule has 2 saturated heterocycles. The fourth-order valence-corrected chi connectivity index (χ4v) is 3.70. The van der Waals surface area contributed by atoms with Crippen molar-refractivity contribution in [1.29, 1.82) is 0 Å². The molecular formula is C18H22N2O3. The lowest BCUT2D eigenvalue weighted by Crippen LogP contribution is -2.44. The van der Waals surface area contributed by atoms with E-state index in [0.29, 0.717) is 0 Å². The summed E-state index contributed by atoms with van der Waals surface area (Å²) in [5.74, 6) is -0.726. The topological polar surface area (TPSA) is 60.9 Å². The summed E-state index contributed by atoms with van der Waals surface area (Å²) in [6, 6.07) is 9.70. The minimum atomic E-state index is -0.908. The highest BCUT2D eigenvalue weighted by Gasteiger charge is 2.35. The molecule has 23 heavy (non-hydrogen) atoms. The van der Waals surface area contributed by atoms with Crippen LogP contribution in [0.3, 0.4) is 0 Å². The average Bonchev–Trinajstić information content (AvgIpc) is 3.21. The molecule has 2 aliphatic rings. The predicted molar refractivity (Wildman–Crippen MR) is 87.5 cm³/mol. The van der Waals surface area contributed by atoms with Crippen molar-refractivity contribution in [1.82, 2.24) is 10.0 Å². The first-order valence-electron chi connectivity index (χ1n) is 8.16. The van der Waals surface area contributed by atoms with E-state index in [2.05, 4.69) is 10.0 Å². The SMILES string of the molecule is O=C[C@@H]1CCCN1N1CCC(/C(=C\C(=O)O)c2ccccc2)C1. The number of benzene rings is 1. The summed E-state index contributed by atoms with van der Waals surface area (Å²) in [6.45, 7) is 2.57. The number of hydrazine groups is 1. The standard InChI is InChI=1S/C18H22N2O3/c21-13-16-7-4-9-20(16)19-10-8-15(12-19)17(11-18(22)23)14-5-2-1-3-6-14/h1-3,5-6,11,13,15-16H,4,7-10,12H2,(H,22,23)/b17-11-/t15?,16-/m0/s1. The fourth-order valence-electron chi connectivity index (χ4n) is 3.70. The van der Waals surface area contributed by atoms with E-state index in [-0.39, 0.29) is 12.0 Å². The Morgan fingerprint density at radius 2 is 1.96 bits per heavy atom. The number of aldehydes is 1. The quantitative estimate of drug-likeness (QED) is 0.666. The molecule has 0 radical (unpaired) electrons. The van der Waals surface area contributed by atoms with Gasteiger partial charge in [-0.25, -0.2) is 14.8 Å². The zero-order valence-corrected chi connectivity index (χ0v) is 13.1. The van der Waals surface area contributed by atoms with Crippen LogP contribution in [0.4, 0.5) is 0 Å². The number of carboxylic acids is 1. The summed E-state index contributed by atoms with van der Waals surface area (Å²) >= 11 is 0. The number of carboxylic acid groups (broad SMARTS) is 1. The van der Waals surface area contributed by atoms with Crippen molar-refractivity contribution in [2.45, 2.75) is 25.3 Å². The van der Waals surface area contributed by atoms with Crippen molar-refractivity contribution >= 4 is 17.8 Å². The maximum atomic E-state index is 11.2. The van der Waals surface area contributed by atoms with Crippen molar-refractivity contribution in [2.75, 3.05) is 19.6 Å². The zero-order chi connectivity index (χ0) is 16.2. The lowest BCUT2D eigenvalue weighted by molar-refractivity contribution is -0.131. The Balaban J connectivity index is 1.77. The maximum absolute atomic E-state index is 11.2. The fraction of sp³-hybridized carbons (Fsp3) is 0.444. The molecule has 0 spiro atoms. The Labute approximate surface area is 136 Å². The van der Waals surface area contributed by atoms with Gasteiger partial charge in [0.25, 0.3) is 0 Å². The molecule has 2 atom stereocenters. The minimum absolute atomic E-state index is 0.0163. The highest BCUT2D eigenvalue weighted by atomic mass is 16.4. The van der Waals surface area contributed by atoms with Gasteiger partial charge < -0.3 is 9.90 Å². The average molecular weight is 314 g/mol. The number of hydrogen-bond donors (Lipinski definition) is 1. The molecule has 0 bridgehead atoms. The van der Waals surface area contributed by atoms with Gasteiger partial charge in [-0.15, -0.1) is 0 Å². The summed E-state index contributed by atoms with van der Waals surface area (Å²) < 4.78 is 0. The number of carbonyl (C=O) groups is 2.